The molecule has 0 rings (SSSR count). The minimum Gasteiger partial charge on any atom is -0.466 e. The molecule has 1 atom stereocenters. The molecule has 0 aliphatic rings. The first-order valence-corrected chi connectivity index (χ1v) is 7.10. The summed E-state index contributed by atoms with van der Waals surface area (Å²) in [6, 6.07) is 0. The van der Waals surface area contributed by atoms with Crippen LogP contribution in [0.4, 0.5) is 0 Å². The van der Waals surface area contributed by atoms with E-state index >= 15 is 0 Å². The van der Waals surface area contributed by atoms with Crippen LogP contribution in [0.25, 0.3) is 0 Å². The highest BCUT2D eigenvalue weighted by atomic mass is 17.2. The van der Waals surface area contributed by atoms with Crippen molar-refractivity contribution in [3.8, 4) is 0 Å². The number of ether oxygens (including phenoxy) is 2. The van der Waals surface area contributed by atoms with E-state index in [1.807, 2.05) is 20.8 Å². The van der Waals surface area contributed by atoms with Gasteiger partial charge in [0.25, 0.3) is 0 Å². The summed E-state index contributed by atoms with van der Waals surface area (Å²) in [7, 11) is 0. The van der Waals surface area contributed by atoms with Crippen molar-refractivity contribution in [2.45, 2.75) is 40.5 Å². The smallest absolute Gasteiger partial charge is 0.314 e. The van der Waals surface area contributed by atoms with Crippen LogP contribution in [0.5, 0.6) is 0 Å². The van der Waals surface area contributed by atoms with Crippen LogP contribution in [0.15, 0.2) is 12.2 Å². The quantitative estimate of drug-likeness (QED) is 0.182. The van der Waals surface area contributed by atoms with Crippen LogP contribution in [0, 0.1) is 5.41 Å². The molecule has 5 nitrogen and oxygen atoms in total. The van der Waals surface area contributed by atoms with Crippen LogP contribution in [0.2, 0.25) is 0 Å². The van der Waals surface area contributed by atoms with Crippen molar-refractivity contribution >= 4 is 5.97 Å². The van der Waals surface area contributed by atoms with E-state index in [0.29, 0.717) is 45.9 Å². The van der Waals surface area contributed by atoms with Crippen LogP contribution in [-0.2, 0) is 24.0 Å². The molecule has 0 bridgehead atoms. The molecule has 0 N–H and O–H groups in total. The van der Waals surface area contributed by atoms with Crippen LogP contribution in [0.1, 0.15) is 40.5 Å². The summed E-state index contributed by atoms with van der Waals surface area (Å²) in [4.78, 5) is 21.7. The topological polar surface area (TPSA) is 54.0 Å². The highest BCUT2D eigenvalue weighted by Gasteiger charge is 2.33. The summed E-state index contributed by atoms with van der Waals surface area (Å²) in [6.45, 7) is 13.3. The summed E-state index contributed by atoms with van der Waals surface area (Å²) < 4.78 is 10.6. The summed E-state index contributed by atoms with van der Waals surface area (Å²) >= 11 is 0. The molecule has 0 aromatic carbocycles. The molecular formula is C15H28O5. The molecule has 0 saturated heterocycles. The van der Waals surface area contributed by atoms with Gasteiger partial charge in [-0.2, -0.15) is 0 Å². The Labute approximate surface area is 122 Å². The Kier molecular flexibility index (Phi) is 10.3. The summed E-state index contributed by atoms with van der Waals surface area (Å²) in [5.74, 6) is -0.205. The van der Waals surface area contributed by atoms with Crippen molar-refractivity contribution in [3.63, 3.8) is 0 Å². The van der Waals surface area contributed by atoms with Crippen molar-refractivity contribution in [2.24, 2.45) is 5.41 Å². The monoisotopic (exact) mass is 288 g/mol. The van der Waals surface area contributed by atoms with E-state index in [-0.39, 0.29) is 5.97 Å². The second kappa shape index (κ2) is 10.8. The molecule has 0 amide bonds. The van der Waals surface area contributed by atoms with Gasteiger partial charge in [0.05, 0.1) is 25.2 Å². The van der Waals surface area contributed by atoms with Gasteiger partial charge in [0.1, 0.15) is 6.61 Å². The lowest BCUT2D eigenvalue weighted by Gasteiger charge is -2.25. The highest BCUT2D eigenvalue weighted by molar-refractivity contribution is 5.76. The van der Waals surface area contributed by atoms with Gasteiger partial charge < -0.3 is 9.47 Å². The third-order valence-corrected chi connectivity index (χ3v) is 2.87. The average molecular weight is 288 g/mol. The average Bonchev–Trinajstić information content (AvgIpc) is 2.41. The molecule has 0 aliphatic carbocycles. The van der Waals surface area contributed by atoms with Crippen LogP contribution >= 0.6 is 0 Å². The maximum absolute atomic E-state index is 11.8. The fourth-order valence-electron chi connectivity index (χ4n) is 1.33. The van der Waals surface area contributed by atoms with E-state index in [2.05, 4.69) is 6.58 Å². The van der Waals surface area contributed by atoms with E-state index in [4.69, 9.17) is 19.2 Å². The number of carbonyl (C=O) groups excluding carboxylic acids is 1. The first kappa shape index (κ1) is 19.1. The van der Waals surface area contributed by atoms with Gasteiger partial charge >= 0.3 is 5.97 Å². The molecule has 0 aliphatic heterocycles. The number of carbonyl (C=O) groups is 1. The van der Waals surface area contributed by atoms with Gasteiger partial charge in [0.2, 0.25) is 0 Å². The lowest BCUT2D eigenvalue weighted by atomic mass is 9.89. The van der Waals surface area contributed by atoms with E-state index in [1.165, 1.54) is 0 Å². The van der Waals surface area contributed by atoms with Crippen molar-refractivity contribution in [1.82, 2.24) is 0 Å². The second-order valence-electron chi connectivity index (χ2n) is 5.08. The Balaban J connectivity index is 3.70. The molecule has 118 valence electrons. The zero-order chi connectivity index (χ0) is 15.4. The van der Waals surface area contributed by atoms with Gasteiger partial charge in [-0.25, -0.2) is 9.78 Å². The number of rotatable bonds is 12. The Hall–Kier alpha value is -0.910. The van der Waals surface area contributed by atoms with Crippen LogP contribution < -0.4 is 0 Å². The molecule has 20 heavy (non-hydrogen) atoms. The third kappa shape index (κ3) is 8.30. The Morgan fingerprint density at radius 2 is 1.90 bits per heavy atom. The second-order valence-corrected chi connectivity index (χ2v) is 5.08. The summed E-state index contributed by atoms with van der Waals surface area (Å²) in [5.41, 5.74) is 0.335. The Bertz CT molecular complexity index is 290. The largest absolute Gasteiger partial charge is 0.466 e. The summed E-state index contributed by atoms with van der Waals surface area (Å²) in [6.07, 6.45) is 1.39. The molecule has 0 spiro atoms. The fraction of sp³-hybridized carbons (Fsp3) is 0.800. The predicted molar refractivity (Wildman–Crippen MR) is 77.2 cm³/mol. The number of hydrogen-bond acceptors (Lipinski definition) is 5. The predicted octanol–water partition coefficient (Wildman–Crippen LogP) is 2.90. The minimum atomic E-state index is -0.576. The Morgan fingerprint density at radius 3 is 2.45 bits per heavy atom. The lowest BCUT2D eigenvalue weighted by Crippen LogP contribution is -2.34. The lowest BCUT2D eigenvalue weighted by molar-refractivity contribution is -0.289. The van der Waals surface area contributed by atoms with Crippen molar-refractivity contribution < 1.29 is 24.0 Å². The zero-order valence-corrected chi connectivity index (χ0v) is 13.2. The highest BCUT2D eigenvalue weighted by Crippen LogP contribution is 2.23. The van der Waals surface area contributed by atoms with Gasteiger partial charge in [-0.05, 0) is 33.6 Å². The van der Waals surface area contributed by atoms with Crippen molar-refractivity contribution in [1.29, 1.82) is 0 Å². The maximum atomic E-state index is 11.8. The molecule has 0 radical (unpaired) electrons. The van der Waals surface area contributed by atoms with Crippen LogP contribution in [-0.4, -0.2) is 39.0 Å². The van der Waals surface area contributed by atoms with Gasteiger partial charge in [-0.15, -0.1) is 0 Å². The first-order chi connectivity index (χ1) is 9.46. The first-order valence-electron chi connectivity index (χ1n) is 7.10. The molecule has 0 saturated carbocycles. The van der Waals surface area contributed by atoms with Gasteiger partial charge in [0.15, 0.2) is 0 Å². The van der Waals surface area contributed by atoms with E-state index in [9.17, 15) is 4.79 Å². The maximum Gasteiger partial charge on any atom is 0.314 e. The van der Waals surface area contributed by atoms with Gasteiger partial charge in [0, 0.05) is 6.61 Å². The standard InChI is InChI=1S/C15H28O5/c1-6-15(5,14(16)18-7-2)12-17-9-8-10-19-20-11-13(3)4/h3,6-12H2,1-2,4-5H3. The fourth-order valence-corrected chi connectivity index (χ4v) is 1.33. The molecule has 0 fully saturated rings. The number of hydrogen-bond donors (Lipinski definition) is 0. The molecule has 1 unspecified atom stereocenters. The molecule has 5 heteroatoms. The van der Waals surface area contributed by atoms with E-state index in [0.717, 1.165) is 5.57 Å². The SMILES string of the molecule is C=C(C)COOCCCOCC(C)(CC)C(=O)OCC. The van der Waals surface area contributed by atoms with Gasteiger partial charge in [-0.3, -0.25) is 4.79 Å². The van der Waals surface area contributed by atoms with Gasteiger partial charge in [-0.1, -0.05) is 19.1 Å². The normalized spacial score (nSPS) is 13.8. The van der Waals surface area contributed by atoms with E-state index < -0.39 is 5.41 Å². The number of esters is 1. The molecule has 0 heterocycles. The molecule has 0 aromatic heterocycles. The van der Waals surface area contributed by atoms with Crippen molar-refractivity contribution in [2.75, 3.05) is 33.0 Å². The third-order valence-electron chi connectivity index (χ3n) is 2.87. The van der Waals surface area contributed by atoms with Crippen molar-refractivity contribution in [3.05, 3.63) is 12.2 Å². The summed E-state index contributed by atoms with van der Waals surface area (Å²) in [5, 5.41) is 0. The molecular weight excluding hydrogens is 260 g/mol. The van der Waals surface area contributed by atoms with Crippen LogP contribution in [0.3, 0.4) is 0 Å². The van der Waals surface area contributed by atoms with E-state index in [1.54, 1.807) is 6.92 Å². The Morgan fingerprint density at radius 1 is 1.20 bits per heavy atom. The zero-order valence-electron chi connectivity index (χ0n) is 13.2. The minimum absolute atomic E-state index is 0.205. The molecule has 0 aromatic rings.